The molecule has 2 rings (SSSR count). The number of ether oxygens (including phenoxy) is 2. The highest BCUT2D eigenvalue weighted by Crippen LogP contribution is 2.46. The predicted molar refractivity (Wildman–Crippen MR) is 55.4 cm³/mol. The molecule has 1 fully saturated rings. The van der Waals surface area contributed by atoms with Gasteiger partial charge in [-0.1, -0.05) is 29.8 Å². The highest BCUT2D eigenvalue weighted by atomic mass is 16.7. The van der Waals surface area contributed by atoms with Gasteiger partial charge in [0.2, 0.25) is 5.60 Å². The summed E-state index contributed by atoms with van der Waals surface area (Å²) < 4.78 is 10.2. The monoisotopic (exact) mass is 206 g/mol. The highest BCUT2D eigenvalue weighted by molar-refractivity contribution is 5.85. The van der Waals surface area contributed by atoms with Crippen LogP contribution < -0.4 is 0 Å². The summed E-state index contributed by atoms with van der Waals surface area (Å²) in [6.07, 6.45) is -0.104. The third kappa shape index (κ3) is 1.43. The molecule has 15 heavy (non-hydrogen) atoms. The molecule has 1 heterocycles. The molecule has 3 nitrogen and oxygen atoms in total. The lowest BCUT2D eigenvalue weighted by Gasteiger charge is -2.10. The van der Waals surface area contributed by atoms with E-state index in [4.69, 9.17) is 9.47 Å². The molecule has 80 valence electrons. The summed E-state index contributed by atoms with van der Waals surface area (Å²) in [7, 11) is 1.38. The normalized spacial score (nSPS) is 28.6. The summed E-state index contributed by atoms with van der Waals surface area (Å²) in [5.74, 6) is -0.321. The van der Waals surface area contributed by atoms with Crippen LogP contribution in [0.15, 0.2) is 24.3 Å². The molecule has 0 spiro atoms. The van der Waals surface area contributed by atoms with Crippen molar-refractivity contribution >= 4 is 5.97 Å². The molecule has 0 radical (unpaired) electrons. The van der Waals surface area contributed by atoms with Crippen molar-refractivity contribution in [2.45, 2.75) is 25.6 Å². The molecule has 2 unspecified atom stereocenters. The molecule has 2 atom stereocenters. The molecule has 1 aliphatic rings. The van der Waals surface area contributed by atoms with E-state index in [1.165, 1.54) is 7.11 Å². The third-order valence-electron chi connectivity index (χ3n) is 2.85. The van der Waals surface area contributed by atoms with Gasteiger partial charge in [-0.05, 0) is 19.4 Å². The first kappa shape index (κ1) is 10.2. The molecule has 1 saturated heterocycles. The van der Waals surface area contributed by atoms with Gasteiger partial charge in [-0.25, -0.2) is 4.79 Å². The standard InChI is InChI=1S/C12H14O3/c1-8-4-6-10(7-5-8)12(9(2)15-12)11(13)14-3/h4-7,9H,1-3H3. The van der Waals surface area contributed by atoms with E-state index in [9.17, 15) is 4.79 Å². The topological polar surface area (TPSA) is 38.8 Å². The maximum absolute atomic E-state index is 11.6. The second kappa shape index (κ2) is 3.35. The third-order valence-corrected chi connectivity index (χ3v) is 2.85. The molecular weight excluding hydrogens is 192 g/mol. The number of rotatable bonds is 2. The van der Waals surface area contributed by atoms with Gasteiger partial charge in [0.1, 0.15) is 6.10 Å². The summed E-state index contributed by atoms with van der Waals surface area (Å²) in [5, 5.41) is 0. The van der Waals surface area contributed by atoms with E-state index < -0.39 is 5.60 Å². The number of benzene rings is 1. The van der Waals surface area contributed by atoms with Gasteiger partial charge in [0, 0.05) is 0 Å². The summed E-state index contributed by atoms with van der Waals surface area (Å²) >= 11 is 0. The second-order valence-corrected chi connectivity index (χ2v) is 3.85. The van der Waals surface area contributed by atoms with E-state index >= 15 is 0 Å². The number of epoxide rings is 1. The number of esters is 1. The molecule has 0 bridgehead atoms. The number of carbonyl (C=O) groups excluding carboxylic acids is 1. The molecule has 1 aliphatic heterocycles. The van der Waals surface area contributed by atoms with E-state index in [-0.39, 0.29) is 12.1 Å². The van der Waals surface area contributed by atoms with Gasteiger partial charge in [0.25, 0.3) is 0 Å². The first-order valence-electron chi connectivity index (χ1n) is 4.94. The highest BCUT2D eigenvalue weighted by Gasteiger charge is 2.62. The average molecular weight is 206 g/mol. The van der Waals surface area contributed by atoms with Gasteiger partial charge in [0.05, 0.1) is 7.11 Å². The molecule has 0 aromatic heterocycles. The van der Waals surface area contributed by atoms with Crippen molar-refractivity contribution in [1.82, 2.24) is 0 Å². The molecule has 0 aliphatic carbocycles. The molecule has 1 aromatic carbocycles. The fourth-order valence-electron chi connectivity index (χ4n) is 1.83. The predicted octanol–water partition coefficient (Wildman–Crippen LogP) is 1.78. The molecular formula is C12H14O3. The lowest BCUT2D eigenvalue weighted by Crippen LogP contribution is -2.25. The van der Waals surface area contributed by atoms with Gasteiger partial charge < -0.3 is 9.47 Å². The van der Waals surface area contributed by atoms with Gasteiger partial charge in [-0.3, -0.25) is 0 Å². The minimum absolute atomic E-state index is 0.104. The Morgan fingerprint density at radius 2 is 1.93 bits per heavy atom. The van der Waals surface area contributed by atoms with E-state index in [1.54, 1.807) is 0 Å². The molecule has 0 N–H and O–H groups in total. The Morgan fingerprint density at radius 3 is 2.33 bits per heavy atom. The Bertz CT molecular complexity index is 382. The van der Waals surface area contributed by atoms with Crippen LogP contribution in [0.1, 0.15) is 18.1 Å². The van der Waals surface area contributed by atoms with Crippen LogP contribution in [0.3, 0.4) is 0 Å². The molecule has 0 saturated carbocycles. The quantitative estimate of drug-likeness (QED) is 0.547. The van der Waals surface area contributed by atoms with Gasteiger partial charge in [0.15, 0.2) is 0 Å². The molecule has 1 aromatic rings. The number of hydrogen-bond acceptors (Lipinski definition) is 3. The Hall–Kier alpha value is -1.35. The van der Waals surface area contributed by atoms with Crippen molar-refractivity contribution in [1.29, 1.82) is 0 Å². The largest absolute Gasteiger partial charge is 0.467 e. The van der Waals surface area contributed by atoms with Crippen LogP contribution in [-0.4, -0.2) is 19.2 Å². The number of hydrogen-bond donors (Lipinski definition) is 0. The zero-order valence-electron chi connectivity index (χ0n) is 9.11. The maximum atomic E-state index is 11.6. The van der Waals surface area contributed by atoms with Crippen LogP contribution in [0.2, 0.25) is 0 Å². The van der Waals surface area contributed by atoms with E-state index in [2.05, 4.69) is 0 Å². The van der Waals surface area contributed by atoms with Gasteiger partial charge in [-0.15, -0.1) is 0 Å². The Morgan fingerprint density at radius 1 is 1.40 bits per heavy atom. The average Bonchev–Trinajstić information content (AvgIpc) is 2.91. The fraction of sp³-hybridized carbons (Fsp3) is 0.417. The summed E-state index contributed by atoms with van der Waals surface area (Å²) in [6, 6.07) is 7.76. The fourth-order valence-corrected chi connectivity index (χ4v) is 1.83. The van der Waals surface area contributed by atoms with Crippen molar-refractivity contribution in [2.75, 3.05) is 7.11 Å². The lowest BCUT2D eigenvalue weighted by molar-refractivity contribution is -0.147. The first-order chi connectivity index (χ1) is 7.11. The minimum atomic E-state index is -0.859. The molecule has 3 heteroatoms. The lowest BCUT2D eigenvalue weighted by atomic mass is 9.95. The van der Waals surface area contributed by atoms with E-state index in [1.807, 2.05) is 38.1 Å². The number of carbonyl (C=O) groups is 1. The van der Waals surface area contributed by atoms with Crippen LogP contribution in [0.5, 0.6) is 0 Å². The Labute approximate surface area is 89.0 Å². The summed E-state index contributed by atoms with van der Waals surface area (Å²) in [5.41, 5.74) is 1.17. The summed E-state index contributed by atoms with van der Waals surface area (Å²) in [4.78, 5) is 11.6. The van der Waals surface area contributed by atoms with Crippen LogP contribution in [0.4, 0.5) is 0 Å². The summed E-state index contributed by atoms with van der Waals surface area (Å²) in [6.45, 7) is 3.88. The van der Waals surface area contributed by atoms with E-state index in [0.29, 0.717) is 0 Å². The maximum Gasteiger partial charge on any atom is 0.345 e. The van der Waals surface area contributed by atoms with Crippen molar-refractivity contribution in [3.63, 3.8) is 0 Å². The van der Waals surface area contributed by atoms with E-state index in [0.717, 1.165) is 11.1 Å². The first-order valence-corrected chi connectivity index (χ1v) is 4.94. The van der Waals surface area contributed by atoms with Crippen LogP contribution in [0, 0.1) is 6.92 Å². The second-order valence-electron chi connectivity index (χ2n) is 3.85. The number of aryl methyl sites for hydroxylation is 1. The van der Waals surface area contributed by atoms with Crippen molar-refractivity contribution in [3.8, 4) is 0 Å². The van der Waals surface area contributed by atoms with Crippen LogP contribution in [-0.2, 0) is 19.9 Å². The zero-order chi connectivity index (χ0) is 11.1. The van der Waals surface area contributed by atoms with Crippen molar-refractivity contribution in [2.24, 2.45) is 0 Å². The minimum Gasteiger partial charge on any atom is -0.467 e. The Kier molecular flexibility index (Phi) is 2.27. The smallest absolute Gasteiger partial charge is 0.345 e. The van der Waals surface area contributed by atoms with Crippen molar-refractivity contribution < 1.29 is 14.3 Å². The zero-order valence-corrected chi connectivity index (χ0v) is 9.11. The van der Waals surface area contributed by atoms with Gasteiger partial charge >= 0.3 is 5.97 Å². The number of methoxy groups -OCH3 is 1. The SMILES string of the molecule is COC(=O)C1(c2ccc(C)cc2)OC1C. The van der Waals surface area contributed by atoms with Crippen LogP contribution in [0.25, 0.3) is 0 Å². The molecule has 0 amide bonds. The Balaban J connectivity index is 2.36. The van der Waals surface area contributed by atoms with Crippen LogP contribution >= 0.6 is 0 Å². The van der Waals surface area contributed by atoms with Gasteiger partial charge in [-0.2, -0.15) is 0 Å². The van der Waals surface area contributed by atoms with Crippen molar-refractivity contribution in [3.05, 3.63) is 35.4 Å².